The van der Waals surface area contributed by atoms with Crippen molar-refractivity contribution >= 4 is 23.3 Å². The summed E-state index contributed by atoms with van der Waals surface area (Å²) in [6.07, 6.45) is -1.44. The fourth-order valence-corrected chi connectivity index (χ4v) is 3.51. The average molecular weight is 445 g/mol. The third kappa shape index (κ3) is 8.07. The number of nitrogens with one attached hydrogen (secondary N) is 1. The second-order valence-electron chi connectivity index (χ2n) is 8.33. The molecular weight excluding hydrogens is 408 g/mol. The maximum Gasteiger partial charge on any atom is 0.270 e. The van der Waals surface area contributed by atoms with Crippen molar-refractivity contribution in [2.24, 2.45) is 0 Å². The Hall–Kier alpha value is -1.33. The second-order valence-corrected chi connectivity index (χ2v) is 8.86. The van der Waals surface area contributed by atoms with Gasteiger partial charge in [-0.3, -0.25) is 4.79 Å². The number of carbonyl (C=O) groups is 1. The average Bonchev–Trinajstić information content (AvgIpc) is 3.18. The van der Waals surface area contributed by atoms with Gasteiger partial charge in [0.05, 0.1) is 24.9 Å². The van der Waals surface area contributed by atoms with E-state index in [-0.39, 0.29) is 24.0 Å². The smallest absolute Gasteiger partial charge is 0.270 e. The number of rotatable bonds is 12. The standard InChI is InChI=1S/C20H36N4O5S/c1-7-27-14(2)17(25)15(3)29-16(12-21-20(4,5)6)13-28-19-18(22-30-23-19)24-8-10-26-11-9-24/h14-16,21H,7-13H2,1-6H3. The van der Waals surface area contributed by atoms with Gasteiger partial charge in [0.2, 0.25) is 5.82 Å². The normalized spacial score (nSPS) is 18.1. The fourth-order valence-electron chi connectivity index (χ4n) is 2.99. The number of ketones is 1. The van der Waals surface area contributed by atoms with Crippen LogP contribution in [0.25, 0.3) is 0 Å². The van der Waals surface area contributed by atoms with Gasteiger partial charge >= 0.3 is 0 Å². The Morgan fingerprint density at radius 2 is 1.93 bits per heavy atom. The molecule has 0 bridgehead atoms. The van der Waals surface area contributed by atoms with Gasteiger partial charge in [0.1, 0.15) is 24.9 Å². The van der Waals surface area contributed by atoms with Gasteiger partial charge in [0, 0.05) is 31.8 Å². The molecule has 0 amide bonds. The van der Waals surface area contributed by atoms with Crippen molar-refractivity contribution in [1.29, 1.82) is 0 Å². The minimum Gasteiger partial charge on any atom is -0.472 e. The predicted octanol–water partition coefficient (Wildman–Crippen LogP) is 1.91. The van der Waals surface area contributed by atoms with Gasteiger partial charge in [-0.05, 0) is 41.5 Å². The van der Waals surface area contributed by atoms with Gasteiger partial charge in [-0.1, -0.05) is 0 Å². The molecule has 1 aromatic rings. The van der Waals surface area contributed by atoms with E-state index < -0.39 is 12.2 Å². The lowest BCUT2D eigenvalue weighted by molar-refractivity contribution is -0.144. The molecule has 1 aromatic heterocycles. The van der Waals surface area contributed by atoms with Gasteiger partial charge in [0.25, 0.3) is 5.88 Å². The van der Waals surface area contributed by atoms with Gasteiger partial charge in [-0.2, -0.15) is 4.37 Å². The molecule has 30 heavy (non-hydrogen) atoms. The molecule has 0 aromatic carbocycles. The zero-order valence-electron chi connectivity index (χ0n) is 19.0. The highest BCUT2D eigenvalue weighted by Crippen LogP contribution is 2.26. The third-order valence-corrected chi connectivity index (χ3v) is 5.14. The minimum atomic E-state index is -0.603. The molecule has 1 aliphatic rings. The molecule has 0 spiro atoms. The van der Waals surface area contributed by atoms with E-state index >= 15 is 0 Å². The maximum atomic E-state index is 12.5. The van der Waals surface area contributed by atoms with E-state index in [4.69, 9.17) is 18.9 Å². The van der Waals surface area contributed by atoms with Crippen molar-refractivity contribution < 1.29 is 23.7 Å². The van der Waals surface area contributed by atoms with E-state index in [0.717, 1.165) is 30.6 Å². The summed E-state index contributed by atoms with van der Waals surface area (Å²) in [7, 11) is 0. The fraction of sp³-hybridized carbons (Fsp3) is 0.850. The number of nitrogens with zero attached hydrogens (tertiary/aromatic N) is 3. The van der Waals surface area contributed by atoms with Crippen LogP contribution in [0, 0.1) is 0 Å². The van der Waals surface area contributed by atoms with Crippen molar-refractivity contribution in [3.8, 4) is 5.88 Å². The number of ether oxygens (including phenoxy) is 4. The van der Waals surface area contributed by atoms with Crippen molar-refractivity contribution in [3.63, 3.8) is 0 Å². The monoisotopic (exact) mass is 444 g/mol. The maximum absolute atomic E-state index is 12.5. The lowest BCUT2D eigenvalue weighted by atomic mass is 10.1. The van der Waals surface area contributed by atoms with Crippen LogP contribution in [0.3, 0.4) is 0 Å². The van der Waals surface area contributed by atoms with Crippen LogP contribution in [0.15, 0.2) is 0 Å². The topological polar surface area (TPSA) is 95.0 Å². The second kappa shape index (κ2) is 11.9. The number of morpholine rings is 1. The molecule has 172 valence electrons. The number of carbonyl (C=O) groups excluding carboxylic acids is 1. The van der Waals surface area contributed by atoms with Gasteiger partial charge < -0.3 is 29.2 Å². The Morgan fingerprint density at radius 1 is 1.23 bits per heavy atom. The molecule has 3 atom stereocenters. The molecule has 1 N–H and O–H groups in total. The molecule has 2 heterocycles. The quantitative estimate of drug-likeness (QED) is 0.519. The predicted molar refractivity (Wildman–Crippen MR) is 117 cm³/mol. The molecule has 3 unspecified atom stereocenters. The molecular formula is C20H36N4O5S. The first-order valence-electron chi connectivity index (χ1n) is 10.5. The Kier molecular flexibility index (Phi) is 9.89. The van der Waals surface area contributed by atoms with Crippen molar-refractivity contribution in [3.05, 3.63) is 0 Å². The molecule has 1 saturated heterocycles. The van der Waals surface area contributed by atoms with Crippen LogP contribution in [0.2, 0.25) is 0 Å². The van der Waals surface area contributed by atoms with Gasteiger partial charge in [0.15, 0.2) is 5.78 Å². The molecule has 1 fully saturated rings. The summed E-state index contributed by atoms with van der Waals surface area (Å²) in [5, 5.41) is 3.42. The number of Topliss-reactive ketones (excluding diaryl/α,β-unsaturated/α-hetero) is 1. The molecule has 9 nitrogen and oxygen atoms in total. The molecule has 10 heteroatoms. The van der Waals surface area contributed by atoms with Crippen LogP contribution in [-0.4, -0.2) is 84.4 Å². The zero-order chi connectivity index (χ0) is 22.1. The molecule has 2 rings (SSSR count). The first-order valence-corrected chi connectivity index (χ1v) is 11.3. The Labute approximate surface area is 183 Å². The summed E-state index contributed by atoms with van der Waals surface area (Å²) in [5.74, 6) is 1.15. The van der Waals surface area contributed by atoms with E-state index in [1.54, 1.807) is 13.8 Å². The summed E-state index contributed by atoms with van der Waals surface area (Å²) in [4.78, 5) is 14.6. The van der Waals surface area contributed by atoms with Crippen LogP contribution in [0.1, 0.15) is 41.5 Å². The number of hydrogen-bond acceptors (Lipinski definition) is 10. The molecule has 0 radical (unpaired) electrons. The SMILES string of the molecule is CCOC(C)C(=O)C(C)OC(CNC(C)(C)C)COc1nsnc1N1CCOCC1. The lowest BCUT2D eigenvalue weighted by Crippen LogP contribution is -2.46. The lowest BCUT2D eigenvalue weighted by Gasteiger charge is -2.29. The summed E-state index contributed by atoms with van der Waals surface area (Å²) >= 11 is 1.12. The Bertz CT molecular complexity index is 645. The van der Waals surface area contributed by atoms with Crippen LogP contribution < -0.4 is 15.0 Å². The van der Waals surface area contributed by atoms with Crippen molar-refractivity contribution in [2.75, 3.05) is 51.0 Å². The summed E-state index contributed by atoms with van der Waals surface area (Å²) in [6, 6.07) is 0. The highest BCUT2D eigenvalue weighted by Gasteiger charge is 2.27. The zero-order valence-corrected chi connectivity index (χ0v) is 19.8. The third-order valence-electron chi connectivity index (χ3n) is 4.63. The first kappa shape index (κ1) is 24.9. The molecule has 1 aliphatic heterocycles. The summed E-state index contributed by atoms with van der Waals surface area (Å²) in [5.41, 5.74) is -0.0887. The molecule has 0 saturated carbocycles. The van der Waals surface area contributed by atoms with E-state index in [1.165, 1.54) is 0 Å². The largest absolute Gasteiger partial charge is 0.472 e. The number of hydrogen-bond donors (Lipinski definition) is 1. The van der Waals surface area contributed by atoms with Crippen LogP contribution in [0.5, 0.6) is 5.88 Å². The number of aromatic nitrogens is 2. The van der Waals surface area contributed by atoms with E-state index in [2.05, 4.69) is 39.7 Å². The first-order chi connectivity index (χ1) is 14.2. The highest BCUT2D eigenvalue weighted by atomic mass is 32.1. The summed E-state index contributed by atoms with van der Waals surface area (Å²) in [6.45, 7) is 15.7. The van der Waals surface area contributed by atoms with Gasteiger partial charge in [-0.25, -0.2) is 0 Å². The van der Waals surface area contributed by atoms with E-state index in [1.807, 2.05) is 6.92 Å². The minimum absolute atomic E-state index is 0.0815. The Morgan fingerprint density at radius 3 is 2.57 bits per heavy atom. The van der Waals surface area contributed by atoms with Gasteiger partial charge in [-0.15, -0.1) is 4.37 Å². The van der Waals surface area contributed by atoms with E-state index in [9.17, 15) is 4.79 Å². The number of anilines is 1. The van der Waals surface area contributed by atoms with Crippen molar-refractivity contribution in [1.82, 2.24) is 14.1 Å². The highest BCUT2D eigenvalue weighted by molar-refractivity contribution is 6.99. The van der Waals surface area contributed by atoms with Crippen LogP contribution in [0.4, 0.5) is 5.82 Å². The van der Waals surface area contributed by atoms with Crippen LogP contribution >= 0.6 is 11.7 Å². The van der Waals surface area contributed by atoms with Crippen molar-refractivity contribution in [2.45, 2.75) is 65.4 Å². The van der Waals surface area contributed by atoms with E-state index in [0.29, 0.717) is 32.2 Å². The molecule has 0 aliphatic carbocycles. The van der Waals surface area contributed by atoms with Crippen LogP contribution in [-0.2, 0) is 19.0 Å². The Balaban J connectivity index is 1.99. The summed E-state index contributed by atoms with van der Waals surface area (Å²) < 4.78 is 31.6.